The van der Waals surface area contributed by atoms with Crippen LogP contribution in [0.25, 0.3) is 0 Å². The summed E-state index contributed by atoms with van der Waals surface area (Å²) in [5.41, 5.74) is 0.699. The van der Waals surface area contributed by atoms with Gasteiger partial charge in [0.2, 0.25) is 11.8 Å². The van der Waals surface area contributed by atoms with Gasteiger partial charge in [0.05, 0.1) is 19.6 Å². The minimum Gasteiger partial charge on any atom is -0.497 e. The van der Waals surface area contributed by atoms with E-state index in [-0.39, 0.29) is 24.3 Å². The summed E-state index contributed by atoms with van der Waals surface area (Å²) in [5, 5.41) is 8.77. The van der Waals surface area contributed by atoms with E-state index in [1.54, 1.807) is 12.0 Å². The topological polar surface area (TPSA) is 120 Å². The van der Waals surface area contributed by atoms with Crippen molar-refractivity contribution in [2.45, 2.75) is 25.8 Å². The number of H-pyrrole nitrogens is 2. The Bertz CT molecular complexity index is 842. The van der Waals surface area contributed by atoms with E-state index < -0.39 is 5.69 Å². The molecule has 2 amide bonds. The molecule has 0 aliphatic carbocycles. The number of piperidine rings is 1. The molecule has 0 saturated carbocycles. The van der Waals surface area contributed by atoms with Crippen molar-refractivity contribution in [1.82, 2.24) is 25.4 Å². The molecule has 0 unspecified atom stereocenters. The Morgan fingerprint density at radius 2 is 2.11 bits per heavy atom. The van der Waals surface area contributed by atoms with E-state index in [9.17, 15) is 14.4 Å². The zero-order chi connectivity index (χ0) is 19.2. The second kappa shape index (κ2) is 8.52. The summed E-state index contributed by atoms with van der Waals surface area (Å²) in [7, 11) is 1.62. The smallest absolute Gasteiger partial charge is 0.340 e. The zero-order valence-corrected chi connectivity index (χ0v) is 15.2. The number of methoxy groups -OCH3 is 1. The van der Waals surface area contributed by atoms with Crippen LogP contribution in [-0.4, -0.2) is 52.1 Å². The quantitative estimate of drug-likeness (QED) is 0.641. The van der Waals surface area contributed by atoms with Gasteiger partial charge in [-0.05, 0) is 30.5 Å². The Hall–Kier alpha value is -3.10. The van der Waals surface area contributed by atoms with E-state index in [2.05, 4.69) is 20.5 Å². The van der Waals surface area contributed by atoms with Crippen LogP contribution in [-0.2, 0) is 22.6 Å². The summed E-state index contributed by atoms with van der Waals surface area (Å²) in [5.74, 6) is 0.841. The normalized spacial score (nSPS) is 17.0. The molecule has 1 saturated heterocycles. The third-order valence-corrected chi connectivity index (χ3v) is 4.68. The average molecular weight is 373 g/mol. The van der Waals surface area contributed by atoms with Crippen molar-refractivity contribution in [2.75, 3.05) is 20.2 Å². The zero-order valence-electron chi connectivity index (χ0n) is 15.2. The largest absolute Gasteiger partial charge is 0.497 e. The van der Waals surface area contributed by atoms with Gasteiger partial charge in [0, 0.05) is 19.5 Å². The Labute approximate surface area is 156 Å². The highest BCUT2D eigenvalue weighted by atomic mass is 16.5. The SMILES string of the molecule is COc1ccc(CCN2C[C@H](C(=O)NCc3n[nH]c(=O)[nH]3)CCC2=O)cc1. The van der Waals surface area contributed by atoms with Gasteiger partial charge in [-0.2, -0.15) is 5.10 Å². The van der Waals surface area contributed by atoms with Crippen molar-refractivity contribution in [3.8, 4) is 5.75 Å². The molecule has 1 aliphatic rings. The molecule has 1 fully saturated rings. The number of benzene rings is 1. The van der Waals surface area contributed by atoms with Crippen molar-refractivity contribution in [3.63, 3.8) is 0 Å². The number of nitrogens with zero attached hydrogens (tertiary/aromatic N) is 2. The number of aromatic amines is 2. The van der Waals surface area contributed by atoms with E-state index >= 15 is 0 Å². The summed E-state index contributed by atoms with van der Waals surface area (Å²) in [6.45, 7) is 1.12. The fourth-order valence-electron chi connectivity index (χ4n) is 3.11. The highest BCUT2D eigenvalue weighted by molar-refractivity contribution is 5.83. The van der Waals surface area contributed by atoms with Gasteiger partial charge in [-0.1, -0.05) is 12.1 Å². The summed E-state index contributed by atoms with van der Waals surface area (Å²) < 4.78 is 5.14. The third-order valence-electron chi connectivity index (χ3n) is 4.68. The summed E-state index contributed by atoms with van der Waals surface area (Å²) in [4.78, 5) is 39.8. The van der Waals surface area contributed by atoms with E-state index in [0.29, 0.717) is 31.8 Å². The molecule has 1 aromatic carbocycles. The maximum absolute atomic E-state index is 12.4. The fraction of sp³-hybridized carbons (Fsp3) is 0.444. The lowest BCUT2D eigenvalue weighted by Crippen LogP contribution is -2.46. The standard InChI is InChI=1S/C18H23N5O4/c1-27-14-5-2-12(3-6-14)8-9-23-11-13(4-7-16(23)24)17(25)19-10-15-20-18(26)22-21-15/h2-3,5-6,13H,4,7-11H2,1H3,(H,19,25)(H2,20,21,22,26)/t13-/m1/s1. The van der Waals surface area contributed by atoms with E-state index in [4.69, 9.17) is 4.74 Å². The number of carbonyl (C=O) groups is 2. The lowest BCUT2D eigenvalue weighted by atomic mass is 9.96. The van der Waals surface area contributed by atoms with Crippen molar-refractivity contribution < 1.29 is 14.3 Å². The minimum atomic E-state index is -0.410. The fourth-order valence-corrected chi connectivity index (χ4v) is 3.11. The highest BCUT2D eigenvalue weighted by Gasteiger charge is 2.29. The van der Waals surface area contributed by atoms with E-state index in [0.717, 1.165) is 17.7 Å². The number of aromatic nitrogens is 3. The molecule has 3 N–H and O–H groups in total. The van der Waals surface area contributed by atoms with Gasteiger partial charge in [-0.3, -0.25) is 14.6 Å². The first-order valence-corrected chi connectivity index (χ1v) is 8.87. The molecule has 2 heterocycles. The molecule has 0 radical (unpaired) electrons. The molecule has 0 spiro atoms. The van der Waals surface area contributed by atoms with Gasteiger partial charge in [0.25, 0.3) is 0 Å². The number of hydrogen-bond donors (Lipinski definition) is 3. The Balaban J connectivity index is 1.50. The number of amides is 2. The lowest BCUT2D eigenvalue weighted by Gasteiger charge is -2.32. The molecule has 1 aromatic heterocycles. The molecule has 27 heavy (non-hydrogen) atoms. The van der Waals surface area contributed by atoms with Crippen LogP contribution >= 0.6 is 0 Å². The highest BCUT2D eigenvalue weighted by Crippen LogP contribution is 2.19. The van der Waals surface area contributed by atoms with Gasteiger partial charge in [-0.15, -0.1) is 0 Å². The van der Waals surface area contributed by atoms with Gasteiger partial charge < -0.3 is 15.0 Å². The van der Waals surface area contributed by atoms with Crippen molar-refractivity contribution >= 4 is 11.8 Å². The van der Waals surface area contributed by atoms with Crippen LogP contribution in [0.1, 0.15) is 24.2 Å². The summed E-state index contributed by atoms with van der Waals surface area (Å²) in [6.07, 6.45) is 1.61. The number of carbonyl (C=O) groups excluding carboxylic acids is 2. The van der Waals surface area contributed by atoms with Gasteiger partial charge in [0.15, 0.2) is 0 Å². The van der Waals surface area contributed by atoms with Crippen LogP contribution in [0, 0.1) is 5.92 Å². The first-order valence-electron chi connectivity index (χ1n) is 8.87. The maximum Gasteiger partial charge on any atom is 0.340 e. The first kappa shape index (κ1) is 18.7. The van der Waals surface area contributed by atoms with Crippen molar-refractivity contribution in [2.24, 2.45) is 5.92 Å². The molecule has 3 rings (SSSR count). The summed E-state index contributed by atoms with van der Waals surface area (Å²) >= 11 is 0. The van der Waals surface area contributed by atoms with E-state index in [1.165, 1.54) is 0 Å². The average Bonchev–Trinajstić information content (AvgIpc) is 3.11. The van der Waals surface area contributed by atoms with Crippen LogP contribution in [0.15, 0.2) is 29.1 Å². The second-order valence-electron chi connectivity index (χ2n) is 6.52. The summed E-state index contributed by atoms with van der Waals surface area (Å²) in [6, 6.07) is 7.73. The molecule has 0 bridgehead atoms. The molecule has 1 atom stereocenters. The Morgan fingerprint density at radius 3 is 2.78 bits per heavy atom. The second-order valence-corrected chi connectivity index (χ2v) is 6.52. The Morgan fingerprint density at radius 1 is 1.33 bits per heavy atom. The third kappa shape index (κ3) is 4.96. The van der Waals surface area contributed by atoms with Crippen LogP contribution < -0.4 is 15.7 Å². The number of ether oxygens (including phenoxy) is 1. The predicted octanol–water partition coefficient (Wildman–Crippen LogP) is 0.204. The maximum atomic E-state index is 12.4. The first-order chi connectivity index (χ1) is 13.0. The number of hydrogen-bond acceptors (Lipinski definition) is 5. The van der Waals surface area contributed by atoms with Gasteiger partial charge in [-0.25, -0.2) is 9.89 Å². The van der Waals surface area contributed by atoms with Gasteiger partial charge in [0.1, 0.15) is 11.6 Å². The van der Waals surface area contributed by atoms with Crippen LogP contribution in [0.2, 0.25) is 0 Å². The van der Waals surface area contributed by atoms with Crippen molar-refractivity contribution in [3.05, 3.63) is 46.1 Å². The molecule has 9 heteroatoms. The predicted molar refractivity (Wildman–Crippen MR) is 97.1 cm³/mol. The van der Waals surface area contributed by atoms with Crippen LogP contribution in [0.4, 0.5) is 0 Å². The molecule has 1 aliphatic heterocycles. The number of likely N-dealkylation sites (tertiary alicyclic amines) is 1. The van der Waals surface area contributed by atoms with Gasteiger partial charge >= 0.3 is 5.69 Å². The van der Waals surface area contributed by atoms with E-state index in [1.807, 2.05) is 24.3 Å². The number of nitrogens with one attached hydrogen (secondary N) is 3. The Kier molecular flexibility index (Phi) is 5.90. The monoisotopic (exact) mass is 373 g/mol. The lowest BCUT2D eigenvalue weighted by molar-refractivity contribution is -0.138. The van der Waals surface area contributed by atoms with Crippen LogP contribution in [0.3, 0.4) is 0 Å². The molecule has 144 valence electrons. The molecule has 9 nitrogen and oxygen atoms in total. The molecular weight excluding hydrogens is 350 g/mol. The number of rotatable bonds is 7. The molecular formula is C18H23N5O4. The molecule has 2 aromatic rings. The minimum absolute atomic E-state index is 0.0733. The van der Waals surface area contributed by atoms with Crippen LogP contribution in [0.5, 0.6) is 5.75 Å². The van der Waals surface area contributed by atoms with Crippen molar-refractivity contribution in [1.29, 1.82) is 0 Å².